The minimum Gasteiger partial charge on any atom is -0.398 e. The first kappa shape index (κ1) is 14.8. The molecule has 2 aromatic carbocycles. The van der Waals surface area contributed by atoms with E-state index >= 15 is 0 Å². The van der Waals surface area contributed by atoms with Crippen molar-refractivity contribution in [1.29, 1.82) is 0 Å². The molecule has 0 bridgehead atoms. The summed E-state index contributed by atoms with van der Waals surface area (Å²) in [7, 11) is 0. The van der Waals surface area contributed by atoms with Gasteiger partial charge >= 0.3 is 0 Å². The third kappa shape index (κ3) is 3.11. The van der Waals surface area contributed by atoms with Gasteiger partial charge in [0, 0.05) is 11.6 Å². The Kier molecular flexibility index (Phi) is 4.09. The molecule has 0 saturated carbocycles. The SMILES string of the molecule is Cc1c(NC(=O)c2ccc(N)c(Cl)c2)cccc1[N+](=O)[O-]. The molecular formula is C14H12ClN3O3. The quantitative estimate of drug-likeness (QED) is 0.516. The Morgan fingerprint density at radius 3 is 2.67 bits per heavy atom. The van der Waals surface area contributed by atoms with Crippen molar-refractivity contribution in [2.75, 3.05) is 11.1 Å². The number of rotatable bonds is 3. The summed E-state index contributed by atoms with van der Waals surface area (Å²) >= 11 is 5.86. The van der Waals surface area contributed by atoms with E-state index in [0.29, 0.717) is 22.5 Å². The molecule has 0 fully saturated rings. The molecule has 0 aliphatic carbocycles. The highest BCUT2D eigenvalue weighted by Crippen LogP contribution is 2.26. The Balaban J connectivity index is 2.29. The Morgan fingerprint density at radius 1 is 1.33 bits per heavy atom. The van der Waals surface area contributed by atoms with Gasteiger partial charge in [0.2, 0.25) is 0 Å². The molecule has 0 unspecified atom stereocenters. The number of nitrogens with zero attached hydrogens (tertiary/aromatic N) is 1. The molecular weight excluding hydrogens is 294 g/mol. The third-order valence-electron chi connectivity index (χ3n) is 3.01. The van der Waals surface area contributed by atoms with E-state index in [1.807, 2.05) is 0 Å². The number of nitro groups is 1. The standard InChI is InChI=1S/C14H12ClN3O3/c1-8-12(3-2-4-13(8)18(20)21)17-14(19)9-5-6-11(16)10(15)7-9/h2-7H,16H2,1H3,(H,17,19). The van der Waals surface area contributed by atoms with Gasteiger partial charge in [-0.15, -0.1) is 0 Å². The van der Waals surface area contributed by atoms with Gasteiger partial charge in [-0.1, -0.05) is 17.7 Å². The second-order valence-electron chi connectivity index (χ2n) is 4.40. The summed E-state index contributed by atoms with van der Waals surface area (Å²) in [4.78, 5) is 22.5. The van der Waals surface area contributed by atoms with Crippen molar-refractivity contribution < 1.29 is 9.72 Å². The van der Waals surface area contributed by atoms with E-state index in [9.17, 15) is 14.9 Å². The Bertz CT molecular complexity index is 731. The molecule has 7 heteroatoms. The summed E-state index contributed by atoms with van der Waals surface area (Å²) in [6.45, 7) is 1.57. The number of anilines is 2. The lowest BCUT2D eigenvalue weighted by molar-refractivity contribution is -0.385. The Labute approximate surface area is 125 Å². The minimum atomic E-state index is -0.495. The average molecular weight is 306 g/mol. The highest BCUT2D eigenvalue weighted by Gasteiger charge is 2.15. The first-order valence-electron chi connectivity index (χ1n) is 6.00. The summed E-state index contributed by atoms with van der Waals surface area (Å²) in [5.41, 5.74) is 6.99. The number of benzene rings is 2. The van der Waals surface area contributed by atoms with Crippen molar-refractivity contribution in [3.05, 3.63) is 62.7 Å². The lowest BCUT2D eigenvalue weighted by Crippen LogP contribution is -2.13. The normalized spacial score (nSPS) is 10.2. The molecule has 0 aliphatic rings. The van der Waals surface area contributed by atoms with Crippen molar-refractivity contribution in [3.8, 4) is 0 Å². The lowest BCUT2D eigenvalue weighted by Gasteiger charge is -2.09. The van der Waals surface area contributed by atoms with Crippen molar-refractivity contribution in [2.24, 2.45) is 0 Å². The number of halogens is 1. The van der Waals surface area contributed by atoms with Crippen LogP contribution in [0.2, 0.25) is 5.02 Å². The predicted molar refractivity (Wildman–Crippen MR) is 81.7 cm³/mol. The van der Waals surface area contributed by atoms with Crippen LogP contribution in [0.1, 0.15) is 15.9 Å². The zero-order valence-corrected chi connectivity index (χ0v) is 11.8. The van der Waals surface area contributed by atoms with Crippen LogP contribution in [0.15, 0.2) is 36.4 Å². The number of hydrogen-bond acceptors (Lipinski definition) is 4. The molecule has 108 valence electrons. The Morgan fingerprint density at radius 2 is 2.05 bits per heavy atom. The van der Waals surface area contributed by atoms with Crippen molar-refractivity contribution >= 4 is 34.6 Å². The summed E-state index contributed by atoms with van der Waals surface area (Å²) in [6.07, 6.45) is 0. The molecule has 0 radical (unpaired) electrons. The van der Waals surface area contributed by atoms with E-state index in [2.05, 4.69) is 5.32 Å². The number of hydrogen-bond donors (Lipinski definition) is 2. The molecule has 0 saturated heterocycles. The van der Waals surface area contributed by atoms with Crippen LogP contribution < -0.4 is 11.1 Å². The molecule has 0 heterocycles. The summed E-state index contributed by atoms with van der Waals surface area (Å²) < 4.78 is 0. The summed E-state index contributed by atoms with van der Waals surface area (Å²) in [5, 5.41) is 13.8. The topological polar surface area (TPSA) is 98.3 Å². The van der Waals surface area contributed by atoms with E-state index < -0.39 is 10.8 Å². The molecule has 0 atom stereocenters. The fourth-order valence-electron chi connectivity index (χ4n) is 1.82. The zero-order valence-electron chi connectivity index (χ0n) is 11.1. The first-order chi connectivity index (χ1) is 9.90. The van der Waals surface area contributed by atoms with Crippen LogP contribution in [0.5, 0.6) is 0 Å². The second kappa shape index (κ2) is 5.80. The Hall–Kier alpha value is -2.60. The largest absolute Gasteiger partial charge is 0.398 e. The maximum absolute atomic E-state index is 12.1. The van der Waals surface area contributed by atoms with Gasteiger partial charge in [0.05, 0.1) is 26.9 Å². The first-order valence-corrected chi connectivity index (χ1v) is 6.38. The van der Waals surface area contributed by atoms with Gasteiger partial charge in [0.25, 0.3) is 11.6 Å². The van der Waals surface area contributed by atoms with Crippen LogP contribution in [-0.2, 0) is 0 Å². The van der Waals surface area contributed by atoms with Crippen LogP contribution >= 0.6 is 11.6 Å². The molecule has 2 rings (SSSR count). The fourth-order valence-corrected chi connectivity index (χ4v) is 2.00. The smallest absolute Gasteiger partial charge is 0.274 e. The van der Waals surface area contributed by atoms with Crippen LogP contribution in [-0.4, -0.2) is 10.8 Å². The van der Waals surface area contributed by atoms with Gasteiger partial charge in [0.1, 0.15) is 0 Å². The number of nitrogens with two attached hydrogens (primary N) is 1. The van der Waals surface area contributed by atoms with E-state index in [4.69, 9.17) is 17.3 Å². The minimum absolute atomic E-state index is 0.0526. The molecule has 2 aromatic rings. The fraction of sp³-hybridized carbons (Fsp3) is 0.0714. The van der Waals surface area contributed by atoms with Crippen molar-refractivity contribution in [1.82, 2.24) is 0 Å². The van der Waals surface area contributed by atoms with Crippen LogP contribution in [0.4, 0.5) is 17.1 Å². The number of nitrogen functional groups attached to an aromatic ring is 1. The molecule has 1 amide bonds. The predicted octanol–water partition coefficient (Wildman–Crippen LogP) is 3.39. The number of nitrogens with one attached hydrogen (secondary N) is 1. The van der Waals surface area contributed by atoms with E-state index in [-0.39, 0.29) is 10.7 Å². The lowest BCUT2D eigenvalue weighted by atomic mass is 10.1. The molecule has 6 nitrogen and oxygen atoms in total. The summed E-state index contributed by atoms with van der Waals surface area (Å²) in [5.74, 6) is -0.416. The molecule has 3 N–H and O–H groups in total. The van der Waals surface area contributed by atoms with Crippen LogP contribution in [0.25, 0.3) is 0 Å². The van der Waals surface area contributed by atoms with E-state index in [0.717, 1.165) is 0 Å². The number of amides is 1. The molecule has 0 aliphatic heterocycles. The van der Waals surface area contributed by atoms with Gasteiger partial charge in [0.15, 0.2) is 0 Å². The zero-order chi connectivity index (χ0) is 15.6. The summed E-state index contributed by atoms with van der Waals surface area (Å²) in [6, 6.07) is 8.99. The van der Waals surface area contributed by atoms with E-state index in [1.54, 1.807) is 13.0 Å². The van der Waals surface area contributed by atoms with Crippen LogP contribution in [0, 0.1) is 17.0 Å². The maximum atomic E-state index is 12.1. The van der Waals surface area contributed by atoms with Crippen molar-refractivity contribution in [2.45, 2.75) is 6.92 Å². The van der Waals surface area contributed by atoms with Gasteiger partial charge in [-0.3, -0.25) is 14.9 Å². The second-order valence-corrected chi connectivity index (χ2v) is 4.80. The number of carbonyl (C=O) groups is 1. The van der Waals surface area contributed by atoms with Gasteiger partial charge in [-0.25, -0.2) is 0 Å². The van der Waals surface area contributed by atoms with E-state index in [1.165, 1.54) is 30.3 Å². The van der Waals surface area contributed by atoms with Gasteiger partial charge < -0.3 is 11.1 Å². The molecule has 21 heavy (non-hydrogen) atoms. The monoisotopic (exact) mass is 305 g/mol. The molecule has 0 spiro atoms. The average Bonchev–Trinajstić information content (AvgIpc) is 2.43. The third-order valence-corrected chi connectivity index (χ3v) is 3.34. The maximum Gasteiger partial charge on any atom is 0.274 e. The molecule has 0 aromatic heterocycles. The van der Waals surface area contributed by atoms with Crippen LogP contribution in [0.3, 0.4) is 0 Å². The van der Waals surface area contributed by atoms with Crippen molar-refractivity contribution in [3.63, 3.8) is 0 Å². The van der Waals surface area contributed by atoms with Gasteiger partial charge in [-0.2, -0.15) is 0 Å². The number of nitro benzene ring substituents is 1. The highest BCUT2D eigenvalue weighted by molar-refractivity contribution is 6.33. The number of carbonyl (C=O) groups excluding carboxylic acids is 1. The highest BCUT2D eigenvalue weighted by atomic mass is 35.5. The van der Waals surface area contributed by atoms with Gasteiger partial charge in [-0.05, 0) is 31.2 Å².